The van der Waals surface area contributed by atoms with Crippen molar-refractivity contribution in [2.24, 2.45) is 5.92 Å². The minimum Gasteiger partial charge on any atom is -0.352 e. The number of benzene rings is 2. The van der Waals surface area contributed by atoms with Gasteiger partial charge in [0.1, 0.15) is 0 Å². The Kier molecular flexibility index (Phi) is 4.86. The fourth-order valence-electron chi connectivity index (χ4n) is 2.83. The number of hydrogen-bond acceptors (Lipinski definition) is 2. The van der Waals surface area contributed by atoms with Crippen molar-refractivity contribution in [3.8, 4) is 0 Å². The average Bonchev–Trinajstić information content (AvgIpc) is 2.95. The fraction of sp³-hybridized carbons (Fsp3) is 0.263. The molecule has 24 heavy (non-hydrogen) atoms. The maximum Gasteiger partial charge on any atom is 0.251 e. The Morgan fingerprint density at radius 1 is 1.17 bits per heavy atom. The molecular weight excluding hydrogens is 324 g/mol. The van der Waals surface area contributed by atoms with E-state index in [0.717, 1.165) is 11.3 Å². The van der Waals surface area contributed by atoms with Gasteiger partial charge in [-0.1, -0.05) is 29.3 Å². The molecule has 124 valence electrons. The Balaban J connectivity index is 1.57. The van der Waals surface area contributed by atoms with Crippen LogP contribution >= 0.6 is 11.6 Å². The number of carbonyl (C=O) groups excluding carboxylic acids is 2. The summed E-state index contributed by atoms with van der Waals surface area (Å²) < 4.78 is 0. The van der Waals surface area contributed by atoms with Gasteiger partial charge in [0.15, 0.2) is 0 Å². The van der Waals surface area contributed by atoms with E-state index in [0.29, 0.717) is 30.1 Å². The Labute approximate surface area is 146 Å². The van der Waals surface area contributed by atoms with Crippen molar-refractivity contribution in [1.29, 1.82) is 0 Å². The molecule has 0 spiro atoms. The lowest BCUT2D eigenvalue weighted by Gasteiger charge is -2.17. The predicted molar refractivity (Wildman–Crippen MR) is 95.4 cm³/mol. The highest BCUT2D eigenvalue weighted by atomic mass is 35.5. The van der Waals surface area contributed by atoms with Crippen LogP contribution in [0.4, 0.5) is 5.69 Å². The molecule has 3 rings (SSSR count). The van der Waals surface area contributed by atoms with Crippen LogP contribution in [0.15, 0.2) is 48.5 Å². The number of carbonyl (C=O) groups is 2. The van der Waals surface area contributed by atoms with Gasteiger partial charge in [-0.2, -0.15) is 0 Å². The second-order valence-corrected chi connectivity index (χ2v) is 6.56. The average molecular weight is 343 g/mol. The van der Waals surface area contributed by atoms with E-state index >= 15 is 0 Å². The van der Waals surface area contributed by atoms with Crippen LogP contribution in [0.2, 0.25) is 5.02 Å². The van der Waals surface area contributed by atoms with Gasteiger partial charge in [0.05, 0.1) is 0 Å². The maximum atomic E-state index is 12.2. The first-order valence-corrected chi connectivity index (χ1v) is 8.31. The molecule has 0 radical (unpaired) electrons. The van der Waals surface area contributed by atoms with E-state index < -0.39 is 0 Å². The summed E-state index contributed by atoms with van der Waals surface area (Å²) in [7, 11) is 0. The van der Waals surface area contributed by atoms with Gasteiger partial charge in [-0.3, -0.25) is 9.59 Å². The van der Waals surface area contributed by atoms with Crippen molar-refractivity contribution >= 4 is 29.1 Å². The molecule has 1 aliphatic heterocycles. The second kappa shape index (κ2) is 7.05. The first-order valence-electron chi connectivity index (χ1n) is 7.94. The van der Waals surface area contributed by atoms with Crippen molar-refractivity contribution in [2.75, 3.05) is 18.0 Å². The van der Waals surface area contributed by atoms with Crippen LogP contribution in [0.1, 0.15) is 22.3 Å². The van der Waals surface area contributed by atoms with Crippen LogP contribution in [0.25, 0.3) is 0 Å². The van der Waals surface area contributed by atoms with Crippen molar-refractivity contribution in [3.63, 3.8) is 0 Å². The summed E-state index contributed by atoms with van der Waals surface area (Å²) in [4.78, 5) is 26.1. The van der Waals surface area contributed by atoms with Crippen LogP contribution in [0, 0.1) is 12.8 Å². The number of nitrogens with one attached hydrogen (secondary N) is 1. The van der Waals surface area contributed by atoms with Gasteiger partial charge in [-0.15, -0.1) is 0 Å². The van der Waals surface area contributed by atoms with Gasteiger partial charge >= 0.3 is 0 Å². The first-order chi connectivity index (χ1) is 11.5. The molecule has 1 aliphatic rings. The molecule has 1 fully saturated rings. The van der Waals surface area contributed by atoms with E-state index in [-0.39, 0.29) is 17.7 Å². The number of amides is 2. The van der Waals surface area contributed by atoms with E-state index in [4.69, 9.17) is 11.6 Å². The SMILES string of the molecule is Cc1ccc(N2C[C@H](CNC(=O)c3ccc(Cl)cc3)CC2=O)cc1. The van der Waals surface area contributed by atoms with Crippen LogP contribution < -0.4 is 10.2 Å². The van der Waals surface area contributed by atoms with Gasteiger partial charge in [-0.05, 0) is 43.3 Å². The molecule has 2 aromatic carbocycles. The summed E-state index contributed by atoms with van der Waals surface area (Å²) in [6.45, 7) is 3.13. The number of hydrogen-bond donors (Lipinski definition) is 1. The topological polar surface area (TPSA) is 49.4 Å². The Morgan fingerprint density at radius 3 is 2.50 bits per heavy atom. The minimum absolute atomic E-state index is 0.101. The van der Waals surface area contributed by atoms with Crippen LogP contribution in [-0.4, -0.2) is 24.9 Å². The third-order valence-corrected chi connectivity index (χ3v) is 4.46. The standard InChI is InChI=1S/C19H19ClN2O2/c1-13-2-8-17(9-3-13)22-12-14(10-18(22)23)11-21-19(24)15-4-6-16(20)7-5-15/h2-9,14H,10-12H2,1H3,(H,21,24)/t14-/m0/s1. The quantitative estimate of drug-likeness (QED) is 0.925. The molecule has 1 saturated heterocycles. The van der Waals surface area contributed by atoms with Crippen LogP contribution in [-0.2, 0) is 4.79 Å². The minimum atomic E-state index is -0.145. The third kappa shape index (κ3) is 3.77. The highest BCUT2D eigenvalue weighted by Gasteiger charge is 2.30. The maximum absolute atomic E-state index is 12.2. The summed E-state index contributed by atoms with van der Waals surface area (Å²) in [5.74, 6) is 0.0764. The monoisotopic (exact) mass is 342 g/mol. The summed E-state index contributed by atoms with van der Waals surface area (Å²) >= 11 is 5.82. The smallest absolute Gasteiger partial charge is 0.251 e. The van der Waals surface area contributed by atoms with Crippen LogP contribution in [0.5, 0.6) is 0 Å². The predicted octanol–water partition coefficient (Wildman–Crippen LogP) is 3.43. The van der Waals surface area contributed by atoms with Gasteiger partial charge in [0.2, 0.25) is 5.91 Å². The van der Waals surface area contributed by atoms with E-state index in [2.05, 4.69) is 5.32 Å². The van der Waals surface area contributed by atoms with Gasteiger partial charge in [0.25, 0.3) is 5.91 Å². The molecule has 0 bridgehead atoms. The van der Waals surface area contributed by atoms with Crippen molar-refractivity contribution in [1.82, 2.24) is 5.32 Å². The highest BCUT2D eigenvalue weighted by Crippen LogP contribution is 2.25. The van der Waals surface area contributed by atoms with Gasteiger partial charge < -0.3 is 10.2 Å². The number of nitrogens with zero attached hydrogens (tertiary/aromatic N) is 1. The van der Waals surface area contributed by atoms with Crippen molar-refractivity contribution in [3.05, 3.63) is 64.7 Å². The number of rotatable bonds is 4. The molecule has 0 unspecified atom stereocenters. The lowest BCUT2D eigenvalue weighted by atomic mass is 10.1. The van der Waals surface area contributed by atoms with Crippen molar-refractivity contribution in [2.45, 2.75) is 13.3 Å². The number of aryl methyl sites for hydroxylation is 1. The molecule has 5 heteroatoms. The first kappa shape index (κ1) is 16.5. The molecule has 0 aromatic heterocycles. The molecule has 2 amide bonds. The molecule has 4 nitrogen and oxygen atoms in total. The van der Waals surface area contributed by atoms with Gasteiger partial charge in [0, 0.05) is 41.7 Å². The Hall–Kier alpha value is -2.33. The fourth-order valence-corrected chi connectivity index (χ4v) is 2.96. The van der Waals surface area contributed by atoms with E-state index in [1.54, 1.807) is 29.2 Å². The number of halogens is 1. The van der Waals surface area contributed by atoms with E-state index in [1.807, 2.05) is 31.2 Å². The zero-order valence-corrected chi connectivity index (χ0v) is 14.2. The third-order valence-electron chi connectivity index (χ3n) is 4.21. The van der Waals surface area contributed by atoms with Crippen molar-refractivity contribution < 1.29 is 9.59 Å². The Bertz CT molecular complexity index is 741. The summed E-state index contributed by atoms with van der Waals surface area (Å²) in [6, 6.07) is 14.7. The lowest BCUT2D eigenvalue weighted by molar-refractivity contribution is -0.117. The zero-order valence-electron chi connectivity index (χ0n) is 13.5. The molecule has 1 atom stereocenters. The molecule has 1 N–H and O–H groups in total. The Morgan fingerprint density at radius 2 is 1.83 bits per heavy atom. The lowest BCUT2D eigenvalue weighted by Crippen LogP contribution is -2.31. The zero-order chi connectivity index (χ0) is 17.1. The van der Waals surface area contributed by atoms with Crippen LogP contribution in [0.3, 0.4) is 0 Å². The molecule has 0 aliphatic carbocycles. The number of anilines is 1. The molecule has 0 saturated carbocycles. The summed E-state index contributed by atoms with van der Waals surface area (Å²) in [5, 5.41) is 3.50. The molecular formula is C19H19ClN2O2. The molecule has 1 heterocycles. The summed E-state index contributed by atoms with van der Waals surface area (Å²) in [6.07, 6.45) is 0.453. The highest BCUT2D eigenvalue weighted by molar-refractivity contribution is 6.30. The second-order valence-electron chi connectivity index (χ2n) is 6.13. The van der Waals surface area contributed by atoms with E-state index in [1.165, 1.54) is 0 Å². The van der Waals surface area contributed by atoms with E-state index in [9.17, 15) is 9.59 Å². The summed E-state index contributed by atoms with van der Waals surface area (Å²) in [5.41, 5.74) is 2.65. The normalized spacial score (nSPS) is 17.2. The molecule has 2 aromatic rings. The van der Waals surface area contributed by atoms with Gasteiger partial charge in [-0.25, -0.2) is 0 Å². The largest absolute Gasteiger partial charge is 0.352 e.